The van der Waals surface area contributed by atoms with E-state index in [1.165, 1.54) is 19.6 Å². The van der Waals surface area contributed by atoms with Crippen LogP contribution in [0.25, 0.3) is 0 Å². The minimum absolute atomic E-state index is 0.250. The Morgan fingerprint density at radius 1 is 0.929 bits per heavy atom. The van der Waals surface area contributed by atoms with E-state index in [0.29, 0.717) is 0 Å². The third-order valence-electron chi connectivity index (χ3n) is 1.34. The van der Waals surface area contributed by atoms with Crippen LogP contribution in [0.3, 0.4) is 0 Å². The van der Waals surface area contributed by atoms with Crippen molar-refractivity contribution in [3.8, 4) is 0 Å². The Labute approximate surface area is 103 Å². The smallest absolute Gasteiger partial charge is 0.180 e. The van der Waals surface area contributed by atoms with Gasteiger partial charge in [-0.3, -0.25) is 0 Å². The Morgan fingerprint density at radius 2 is 1.07 bits per heavy atom. The fourth-order valence-electron chi connectivity index (χ4n) is 0.671. The molecular formula is C9H22Cl3NO. The van der Waals surface area contributed by atoms with Gasteiger partial charge in [-0.1, -0.05) is 55.6 Å². The lowest BCUT2D eigenvalue weighted by Crippen LogP contribution is -2.21. The highest BCUT2D eigenvalue weighted by molar-refractivity contribution is 6.63. The third kappa shape index (κ3) is 38.6. The molecule has 0 aromatic carbocycles. The van der Waals surface area contributed by atoms with E-state index in [1.807, 2.05) is 0 Å². The zero-order chi connectivity index (χ0) is 12.0. The largest absolute Gasteiger partial charge is 0.397 e. The number of aliphatic hydroxyl groups excluding tert-OH is 1. The van der Waals surface area contributed by atoms with Gasteiger partial charge in [0.25, 0.3) is 0 Å². The van der Waals surface area contributed by atoms with Gasteiger partial charge in [0.15, 0.2) is 4.30 Å². The fourth-order valence-corrected chi connectivity index (χ4v) is 0.671. The van der Waals surface area contributed by atoms with Crippen LogP contribution in [-0.4, -0.2) is 40.5 Å². The van der Waals surface area contributed by atoms with Gasteiger partial charge in [0.05, 0.1) is 0 Å². The van der Waals surface area contributed by atoms with Crippen molar-refractivity contribution < 1.29 is 5.11 Å². The number of nitrogens with zero attached hydrogens (tertiary/aromatic N) is 1. The quantitative estimate of drug-likeness (QED) is 0.792. The Balaban J connectivity index is -0.000000147. The minimum atomic E-state index is -0.750. The Kier molecular flexibility index (Phi) is 28.0. The van der Waals surface area contributed by atoms with E-state index in [2.05, 4.69) is 25.7 Å². The van der Waals surface area contributed by atoms with Crippen LogP contribution >= 0.6 is 34.8 Å². The molecule has 0 atom stereocenters. The van der Waals surface area contributed by atoms with Crippen LogP contribution in [0.15, 0.2) is 0 Å². The molecule has 0 aliphatic carbocycles. The number of aliphatic hydroxyl groups is 1. The first-order valence-corrected chi connectivity index (χ1v) is 6.06. The van der Waals surface area contributed by atoms with E-state index < -0.39 is 4.30 Å². The molecule has 0 saturated carbocycles. The summed E-state index contributed by atoms with van der Waals surface area (Å²) in [5.74, 6) is 0. The van der Waals surface area contributed by atoms with Crippen LogP contribution in [0.2, 0.25) is 0 Å². The molecule has 0 radical (unpaired) electrons. The van der Waals surface area contributed by atoms with Crippen LogP contribution < -0.4 is 0 Å². The summed E-state index contributed by atoms with van der Waals surface area (Å²) in [6.45, 7) is 12.1. The molecule has 0 heterocycles. The van der Waals surface area contributed by atoms with Gasteiger partial charge in [-0.15, -0.1) is 0 Å². The van der Waals surface area contributed by atoms with Gasteiger partial charge in [0.1, 0.15) is 0 Å². The molecule has 5 heteroatoms. The summed E-state index contributed by atoms with van der Waals surface area (Å²) < 4.78 is -0.750. The third-order valence-corrected chi connectivity index (χ3v) is 1.34. The van der Waals surface area contributed by atoms with Crippen molar-refractivity contribution in [1.82, 2.24) is 4.90 Å². The van der Waals surface area contributed by atoms with Gasteiger partial charge < -0.3 is 10.0 Å². The summed E-state index contributed by atoms with van der Waals surface area (Å²) in [7, 11) is 0. The Bertz CT molecular complexity index is 72.2. The number of rotatable bonds is 3. The molecule has 0 rings (SSSR count). The second kappa shape index (κ2) is 19.4. The van der Waals surface area contributed by atoms with Gasteiger partial charge in [-0.25, -0.2) is 0 Å². The first-order valence-electron chi connectivity index (χ1n) is 4.75. The number of halogens is 3. The molecule has 0 unspecified atom stereocenters. The molecule has 0 aliphatic heterocycles. The van der Waals surface area contributed by atoms with E-state index >= 15 is 0 Å². The highest BCUT2D eigenvalue weighted by atomic mass is 35.6. The van der Waals surface area contributed by atoms with Crippen LogP contribution in [0, 0.1) is 0 Å². The molecule has 0 aliphatic rings. The maximum Gasteiger partial charge on any atom is 0.180 e. The molecule has 0 saturated heterocycles. The minimum Gasteiger partial charge on any atom is -0.397 e. The van der Waals surface area contributed by atoms with Crippen LogP contribution in [0.4, 0.5) is 0 Å². The van der Waals surface area contributed by atoms with E-state index in [1.54, 1.807) is 6.92 Å². The highest BCUT2D eigenvalue weighted by Gasteiger charge is 1.89. The van der Waals surface area contributed by atoms with Crippen molar-refractivity contribution in [2.45, 2.75) is 32.0 Å². The van der Waals surface area contributed by atoms with Crippen LogP contribution in [-0.2, 0) is 0 Å². The molecule has 0 spiro atoms. The van der Waals surface area contributed by atoms with Crippen LogP contribution in [0.1, 0.15) is 27.7 Å². The topological polar surface area (TPSA) is 23.5 Å². The summed E-state index contributed by atoms with van der Waals surface area (Å²) in [6, 6.07) is 0. The molecule has 2 nitrogen and oxygen atoms in total. The van der Waals surface area contributed by atoms with Crippen molar-refractivity contribution in [2.24, 2.45) is 0 Å². The molecule has 0 amide bonds. The second-order valence-electron chi connectivity index (χ2n) is 2.18. The fraction of sp³-hybridized carbons (Fsp3) is 1.00. The predicted molar refractivity (Wildman–Crippen MR) is 67.6 cm³/mol. The van der Waals surface area contributed by atoms with E-state index in [9.17, 15) is 0 Å². The summed E-state index contributed by atoms with van der Waals surface area (Å²) >= 11 is 14.4. The average molecular weight is 267 g/mol. The van der Waals surface area contributed by atoms with Crippen molar-refractivity contribution in [3.63, 3.8) is 0 Å². The van der Waals surface area contributed by atoms with Crippen molar-refractivity contribution in [1.29, 1.82) is 0 Å². The van der Waals surface area contributed by atoms with Gasteiger partial charge >= 0.3 is 0 Å². The lowest BCUT2D eigenvalue weighted by molar-refractivity contribution is 0.318. The summed E-state index contributed by atoms with van der Waals surface area (Å²) in [6.07, 6.45) is 0. The van der Waals surface area contributed by atoms with E-state index in [4.69, 9.17) is 39.9 Å². The molecular weight excluding hydrogens is 244 g/mol. The lowest BCUT2D eigenvalue weighted by Gasteiger charge is -2.13. The SMILES string of the molecule is CCN(CC)CC.CCO.ClC(Cl)Cl. The van der Waals surface area contributed by atoms with E-state index in [-0.39, 0.29) is 6.61 Å². The molecule has 0 bridgehead atoms. The van der Waals surface area contributed by atoms with Gasteiger partial charge in [0.2, 0.25) is 0 Å². The second-order valence-corrected chi connectivity index (χ2v) is 4.16. The van der Waals surface area contributed by atoms with Crippen molar-refractivity contribution >= 4 is 34.8 Å². The predicted octanol–water partition coefficient (Wildman–Crippen LogP) is 3.33. The molecule has 0 aromatic rings. The maximum atomic E-state index is 7.57. The highest BCUT2D eigenvalue weighted by Crippen LogP contribution is 2.03. The van der Waals surface area contributed by atoms with Gasteiger partial charge in [-0.05, 0) is 26.6 Å². The molecule has 14 heavy (non-hydrogen) atoms. The number of alkyl halides is 3. The monoisotopic (exact) mass is 265 g/mol. The van der Waals surface area contributed by atoms with Gasteiger partial charge in [0, 0.05) is 6.61 Å². The van der Waals surface area contributed by atoms with Crippen molar-refractivity contribution in [3.05, 3.63) is 0 Å². The molecule has 0 fully saturated rings. The van der Waals surface area contributed by atoms with E-state index in [0.717, 1.165) is 0 Å². The number of hydrogen-bond donors (Lipinski definition) is 1. The molecule has 90 valence electrons. The maximum absolute atomic E-state index is 7.57. The molecule has 0 aromatic heterocycles. The van der Waals surface area contributed by atoms with Gasteiger partial charge in [-0.2, -0.15) is 0 Å². The summed E-state index contributed by atoms with van der Waals surface area (Å²) in [5, 5.41) is 7.57. The zero-order valence-electron chi connectivity index (χ0n) is 9.43. The zero-order valence-corrected chi connectivity index (χ0v) is 11.7. The van der Waals surface area contributed by atoms with Crippen LogP contribution in [0.5, 0.6) is 0 Å². The number of hydrogen-bond acceptors (Lipinski definition) is 2. The summed E-state index contributed by atoms with van der Waals surface area (Å²) in [5.41, 5.74) is 0. The summed E-state index contributed by atoms with van der Waals surface area (Å²) in [4.78, 5) is 2.38. The lowest BCUT2D eigenvalue weighted by atomic mass is 10.5. The molecule has 1 N–H and O–H groups in total. The first-order chi connectivity index (χ1) is 6.49. The average Bonchev–Trinajstić information content (AvgIpc) is 2.08. The Hall–Kier alpha value is 0.790. The Morgan fingerprint density at radius 3 is 1.07 bits per heavy atom. The first kappa shape index (κ1) is 20.2. The standard InChI is InChI=1S/C6H15N.C2H6O.CHCl3/c1-4-7(5-2)6-3;1-2-3;2-1(3)4/h4-6H2,1-3H3;3H,2H2,1H3;1H. The van der Waals surface area contributed by atoms with Crippen molar-refractivity contribution in [2.75, 3.05) is 26.2 Å². The normalized spacial score (nSPS) is 9.00.